The number of aromatic nitrogens is 2. The van der Waals surface area contributed by atoms with E-state index in [1.165, 1.54) is 120 Å². The van der Waals surface area contributed by atoms with E-state index in [0.29, 0.717) is 0 Å². The van der Waals surface area contributed by atoms with Crippen molar-refractivity contribution in [3.05, 3.63) is 213 Å². The van der Waals surface area contributed by atoms with Gasteiger partial charge in [-0.2, -0.15) is 8.75 Å². The molecule has 3 aliphatic rings. The Morgan fingerprint density at radius 3 is 1.41 bits per heavy atom. The van der Waals surface area contributed by atoms with Crippen molar-refractivity contribution < 1.29 is 0 Å². The summed E-state index contributed by atoms with van der Waals surface area (Å²) in [6, 6.07) is 59.7. The molecule has 0 bridgehead atoms. The van der Waals surface area contributed by atoms with E-state index < -0.39 is 0 Å². The minimum absolute atomic E-state index is 0.0471. The summed E-state index contributed by atoms with van der Waals surface area (Å²) >= 11 is 5.01. The Hall–Kier alpha value is -6.24. The van der Waals surface area contributed by atoms with Gasteiger partial charge in [-0.15, -0.1) is 22.7 Å². The molecule has 0 spiro atoms. The van der Waals surface area contributed by atoms with Gasteiger partial charge in [0.2, 0.25) is 0 Å². The van der Waals surface area contributed by atoms with Crippen molar-refractivity contribution in [2.75, 3.05) is 0 Å². The topological polar surface area (TPSA) is 25.8 Å². The molecule has 0 fully saturated rings. The molecule has 5 heteroatoms. The van der Waals surface area contributed by atoms with E-state index >= 15 is 0 Å². The maximum Gasteiger partial charge on any atom is 0.114 e. The summed E-state index contributed by atoms with van der Waals surface area (Å²) in [5, 5.41) is 0. The highest BCUT2D eigenvalue weighted by Crippen LogP contribution is 2.50. The van der Waals surface area contributed by atoms with Crippen LogP contribution in [0.3, 0.4) is 0 Å². The summed E-state index contributed by atoms with van der Waals surface area (Å²) in [7, 11) is 0. The zero-order valence-electron chi connectivity index (χ0n) is 36.3. The fourth-order valence-corrected chi connectivity index (χ4v) is 13.6. The van der Waals surface area contributed by atoms with Gasteiger partial charge in [-0.05, 0) is 163 Å². The third-order valence-corrected chi connectivity index (χ3v) is 17.8. The van der Waals surface area contributed by atoms with E-state index in [1.807, 2.05) is 22.7 Å². The molecule has 0 radical (unpaired) electrons. The van der Waals surface area contributed by atoms with Crippen molar-refractivity contribution in [3.63, 3.8) is 0 Å². The summed E-state index contributed by atoms with van der Waals surface area (Å²) in [5.41, 5.74) is 26.7. The standard InChI is InChI=1S/C59H44N2S3/c1-58(2,41-11-7-5-8-12-41)43-16-18-45-36(29-43)27-38-33-51-40(31-49(38)45)28-39-30-48-37(32-50(39)51)26-35-25-34(15-17-44(35)48)52-21-22-53(62-52)46-19-20-47(57-56(46)60-64-61-57)54-23-24-55(63-54)59(3,4)42-13-9-6-10-14-42/h5-25,29-33H,26-28H2,1-4H3. The summed E-state index contributed by atoms with van der Waals surface area (Å²) in [6.45, 7) is 9.32. The van der Waals surface area contributed by atoms with Gasteiger partial charge < -0.3 is 0 Å². The third-order valence-electron chi connectivity index (χ3n) is 14.7. The van der Waals surface area contributed by atoms with E-state index in [0.717, 1.165) is 41.4 Å². The van der Waals surface area contributed by atoms with Crippen LogP contribution >= 0.6 is 34.4 Å². The van der Waals surface area contributed by atoms with E-state index in [4.69, 9.17) is 8.75 Å². The number of hydrogen-bond donors (Lipinski definition) is 0. The lowest BCUT2D eigenvalue weighted by Crippen LogP contribution is -2.18. The molecule has 0 N–H and O–H groups in total. The van der Waals surface area contributed by atoms with Crippen molar-refractivity contribution in [1.29, 1.82) is 0 Å². The molecule has 3 aliphatic carbocycles. The van der Waals surface area contributed by atoms with Gasteiger partial charge >= 0.3 is 0 Å². The Kier molecular flexibility index (Phi) is 8.44. The Morgan fingerprint density at radius 1 is 0.359 bits per heavy atom. The van der Waals surface area contributed by atoms with Crippen molar-refractivity contribution in [3.8, 4) is 64.7 Å². The Bertz CT molecular complexity index is 3530. The zero-order chi connectivity index (χ0) is 42.9. The van der Waals surface area contributed by atoms with Crippen LogP contribution in [0, 0.1) is 0 Å². The van der Waals surface area contributed by atoms with Gasteiger partial charge in [0, 0.05) is 41.5 Å². The number of thiophene rings is 2. The summed E-state index contributed by atoms with van der Waals surface area (Å²) in [4.78, 5) is 5.08. The van der Waals surface area contributed by atoms with Crippen LogP contribution in [-0.4, -0.2) is 8.75 Å². The van der Waals surface area contributed by atoms with Crippen molar-refractivity contribution in [1.82, 2.24) is 8.75 Å². The Balaban J connectivity index is 0.755. The molecular weight excluding hydrogens is 833 g/mol. The first-order valence-corrected chi connectivity index (χ1v) is 24.7. The van der Waals surface area contributed by atoms with Gasteiger partial charge in [0.1, 0.15) is 11.0 Å². The Labute approximate surface area is 386 Å². The minimum atomic E-state index is -0.0782. The van der Waals surface area contributed by atoms with Crippen molar-refractivity contribution >= 4 is 45.4 Å². The maximum atomic E-state index is 4.87. The van der Waals surface area contributed by atoms with Gasteiger partial charge in [-0.3, -0.25) is 0 Å². The first-order valence-electron chi connectivity index (χ1n) is 22.3. The molecule has 3 aromatic heterocycles. The summed E-state index contributed by atoms with van der Waals surface area (Å²) in [6.07, 6.45) is 2.96. The largest absolute Gasteiger partial charge is 0.172 e. The van der Waals surface area contributed by atoms with Crippen LogP contribution in [-0.2, 0) is 30.1 Å². The average Bonchev–Trinajstić information content (AvgIpc) is 4.19. The van der Waals surface area contributed by atoms with Crippen LogP contribution in [0.2, 0.25) is 0 Å². The molecular formula is C59H44N2S3. The smallest absolute Gasteiger partial charge is 0.114 e. The SMILES string of the molecule is CC(C)(c1ccccc1)c1ccc2c(c1)Cc1cc3c(cc1-2)Cc1cc2c(cc1-3)Cc1cc(-c3ccc(-c4ccc(-c5ccc(C(C)(C)c6ccccc6)s5)c5nsnc45)s3)ccc1-2. The van der Waals surface area contributed by atoms with Crippen LogP contribution < -0.4 is 0 Å². The molecule has 3 heterocycles. The van der Waals surface area contributed by atoms with Crippen LogP contribution in [0.1, 0.15) is 82.6 Å². The molecule has 0 aliphatic heterocycles. The zero-order valence-corrected chi connectivity index (χ0v) is 38.7. The molecule has 0 saturated carbocycles. The predicted octanol–water partition coefficient (Wildman–Crippen LogP) is 16.2. The number of fused-ring (bicyclic) bond motifs is 10. The van der Waals surface area contributed by atoms with E-state index in [-0.39, 0.29) is 10.8 Å². The number of hydrogen-bond acceptors (Lipinski definition) is 5. The molecule has 13 rings (SSSR count). The first-order chi connectivity index (χ1) is 31.2. The maximum absolute atomic E-state index is 4.87. The average molecular weight is 877 g/mol. The number of nitrogens with zero attached hydrogens (tertiary/aromatic N) is 2. The van der Waals surface area contributed by atoms with E-state index in [9.17, 15) is 0 Å². The second-order valence-corrected chi connectivity index (χ2v) is 21.7. The highest BCUT2D eigenvalue weighted by Gasteiger charge is 2.31. The predicted molar refractivity (Wildman–Crippen MR) is 271 cm³/mol. The Morgan fingerprint density at radius 2 is 0.812 bits per heavy atom. The van der Waals surface area contributed by atoms with Crippen molar-refractivity contribution in [2.24, 2.45) is 0 Å². The minimum Gasteiger partial charge on any atom is -0.172 e. The van der Waals surface area contributed by atoms with Gasteiger partial charge in [0.05, 0.1) is 11.7 Å². The molecule has 7 aromatic carbocycles. The lowest BCUT2D eigenvalue weighted by molar-refractivity contribution is 0.640. The molecule has 10 aromatic rings. The number of rotatable bonds is 7. The van der Waals surface area contributed by atoms with Crippen LogP contribution in [0.15, 0.2) is 158 Å². The molecule has 0 saturated heterocycles. The first kappa shape index (κ1) is 38.2. The highest BCUT2D eigenvalue weighted by atomic mass is 32.1. The van der Waals surface area contributed by atoms with Gasteiger partial charge in [0.25, 0.3) is 0 Å². The molecule has 0 unspecified atom stereocenters. The number of benzene rings is 7. The molecule has 0 atom stereocenters. The quantitative estimate of drug-likeness (QED) is 0.159. The fourth-order valence-electron chi connectivity index (χ4n) is 10.9. The van der Waals surface area contributed by atoms with Crippen molar-refractivity contribution in [2.45, 2.75) is 57.8 Å². The lowest BCUT2D eigenvalue weighted by atomic mass is 9.77. The normalized spacial score (nSPS) is 13.4. The molecule has 0 amide bonds. The molecule has 308 valence electrons. The third kappa shape index (κ3) is 5.87. The summed E-state index contributed by atoms with van der Waals surface area (Å²) < 4.78 is 9.72. The van der Waals surface area contributed by atoms with Gasteiger partial charge in [-0.25, -0.2) is 0 Å². The monoisotopic (exact) mass is 876 g/mol. The van der Waals surface area contributed by atoms with Gasteiger partial charge in [0.15, 0.2) is 0 Å². The van der Waals surface area contributed by atoms with Gasteiger partial charge in [-0.1, -0.05) is 131 Å². The highest BCUT2D eigenvalue weighted by molar-refractivity contribution is 7.19. The second kappa shape index (κ2) is 14.1. The fraction of sp³-hybridized carbons (Fsp3) is 0.153. The van der Waals surface area contributed by atoms with E-state index in [2.05, 4.69) is 185 Å². The van der Waals surface area contributed by atoms with Crippen LogP contribution in [0.4, 0.5) is 0 Å². The summed E-state index contributed by atoms with van der Waals surface area (Å²) in [5.74, 6) is 0. The van der Waals surface area contributed by atoms with Crippen LogP contribution in [0.25, 0.3) is 75.7 Å². The second-order valence-electron chi connectivity index (χ2n) is 19.0. The molecule has 64 heavy (non-hydrogen) atoms. The van der Waals surface area contributed by atoms with Crippen LogP contribution in [0.5, 0.6) is 0 Å². The molecule has 2 nitrogen and oxygen atoms in total. The van der Waals surface area contributed by atoms with E-state index in [1.54, 1.807) is 0 Å². The lowest BCUT2D eigenvalue weighted by Gasteiger charge is -2.26.